The predicted octanol–water partition coefficient (Wildman–Crippen LogP) is 2.68. The number of nitrogens with zero attached hydrogens (tertiary/aromatic N) is 4. The first-order valence-electron chi connectivity index (χ1n) is 8.43. The highest BCUT2D eigenvalue weighted by Gasteiger charge is 2.17. The van der Waals surface area contributed by atoms with E-state index in [-0.39, 0.29) is 17.4 Å². The van der Waals surface area contributed by atoms with Gasteiger partial charge in [0.15, 0.2) is 0 Å². The van der Waals surface area contributed by atoms with Gasteiger partial charge in [0.25, 0.3) is 0 Å². The summed E-state index contributed by atoms with van der Waals surface area (Å²) in [5.41, 5.74) is 1.31. The normalized spacial score (nSPS) is 11.1. The van der Waals surface area contributed by atoms with E-state index in [9.17, 15) is 19.1 Å². The smallest absolute Gasteiger partial charge is 0.341 e. The number of halogens is 1. The Hall–Kier alpha value is -3.81. The van der Waals surface area contributed by atoms with Crippen LogP contribution < -0.4 is 5.43 Å². The molecule has 8 heteroatoms. The third kappa shape index (κ3) is 3.05. The highest BCUT2D eigenvalue weighted by atomic mass is 19.1. The Balaban J connectivity index is 1.78. The van der Waals surface area contributed by atoms with Crippen molar-refractivity contribution in [1.82, 2.24) is 19.3 Å². The van der Waals surface area contributed by atoms with Gasteiger partial charge in [0.1, 0.15) is 11.4 Å². The summed E-state index contributed by atoms with van der Waals surface area (Å²) in [6, 6.07) is 7.67. The van der Waals surface area contributed by atoms with Gasteiger partial charge >= 0.3 is 5.97 Å². The molecule has 0 radical (unpaired) electrons. The third-order valence-corrected chi connectivity index (χ3v) is 4.47. The Morgan fingerprint density at radius 1 is 1.14 bits per heavy atom. The van der Waals surface area contributed by atoms with Crippen molar-refractivity contribution in [3.05, 3.63) is 82.4 Å². The molecule has 0 fully saturated rings. The minimum atomic E-state index is -1.36. The lowest BCUT2D eigenvalue weighted by atomic mass is 10.1. The second-order valence-electron chi connectivity index (χ2n) is 6.38. The van der Waals surface area contributed by atoms with Gasteiger partial charge in [-0.3, -0.25) is 14.5 Å². The van der Waals surface area contributed by atoms with E-state index in [2.05, 4.69) is 10.1 Å². The lowest BCUT2D eigenvalue weighted by Gasteiger charge is -2.13. The number of hydrogen-bond donors (Lipinski definition) is 1. The van der Waals surface area contributed by atoms with Crippen molar-refractivity contribution in [2.75, 3.05) is 0 Å². The summed E-state index contributed by atoms with van der Waals surface area (Å²) in [4.78, 5) is 28.2. The minimum Gasteiger partial charge on any atom is -0.477 e. The molecule has 0 unspecified atom stereocenters. The summed E-state index contributed by atoms with van der Waals surface area (Å²) in [5.74, 6) is -1.96. The Morgan fingerprint density at radius 3 is 2.61 bits per heavy atom. The first-order chi connectivity index (χ1) is 13.4. The zero-order chi connectivity index (χ0) is 19.8. The number of pyridine rings is 2. The van der Waals surface area contributed by atoms with Gasteiger partial charge in [0.05, 0.1) is 24.0 Å². The van der Waals surface area contributed by atoms with E-state index >= 15 is 0 Å². The number of aryl methyl sites for hydroxylation is 1. The SMILES string of the molecule is Cn1cc(-c2ccc(Cn3cc(C(=O)O)c(=O)c4cccc(F)c43)nc2)cn1. The Kier molecular flexibility index (Phi) is 4.23. The second-order valence-corrected chi connectivity index (χ2v) is 6.38. The number of carboxylic acids is 1. The fourth-order valence-corrected chi connectivity index (χ4v) is 3.13. The van der Waals surface area contributed by atoms with Gasteiger partial charge in [-0.05, 0) is 18.2 Å². The molecular formula is C20H15FN4O3. The minimum absolute atomic E-state index is 0.0203. The Bertz CT molecular complexity index is 1260. The summed E-state index contributed by atoms with van der Waals surface area (Å²) in [5, 5.41) is 13.5. The number of para-hydroxylation sites is 1. The number of carbonyl (C=O) groups is 1. The Labute approximate surface area is 158 Å². The maximum Gasteiger partial charge on any atom is 0.341 e. The molecule has 0 spiro atoms. The molecule has 0 saturated carbocycles. The van der Waals surface area contributed by atoms with Crippen LogP contribution >= 0.6 is 0 Å². The van der Waals surface area contributed by atoms with E-state index in [1.807, 2.05) is 19.3 Å². The number of carboxylic acid groups (broad SMARTS) is 1. The fourth-order valence-electron chi connectivity index (χ4n) is 3.13. The quantitative estimate of drug-likeness (QED) is 0.590. The molecule has 0 aliphatic heterocycles. The van der Waals surface area contributed by atoms with Crippen LogP contribution in [-0.4, -0.2) is 30.4 Å². The van der Waals surface area contributed by atoms with Crippen LogP contribution in [0.4, 0.5) is 4.39 Å². The van der Waals surface area contributed by atoms with E-state index in [0.29, 0.717) is 5.69 Å². The molecule has 0 aliphatic rings. The average molecular weight is 378 g/mol. The first kappa shape index (κ1) is 17.6. The summed E-state index contributed by atoms with van der Waals surface area (Å²) in [6.45, 7) is 0.116. The molecular weight excluding hydrogens is 363 g/mol. The van der Waals surface area contributed by atoms with Gasteiger partial charge in [0.2, 0.25) is 5.43 Å². The van der Waals surface area contributed by atoms with Gasteiger partial charge in [0, 0.05) is 42.2 Å². The van der Waals surface area contributed by atoms with Crippen molar-refractivity contribution < 1.29 is 14.3 Å². The third-order valence-electron chi connectivity index (χ3n) is 4.47. The molecule has 0 amide bonds. The molecule has 1 aromatic carbocycles. The van der Waals surface area contributed by atoms with Gasteiger partial charge in [-0.2, -0.15) is 5.10 Å². The van der Waals surface area contributed by atoms with E-state index in [0.717, 1.165) is 17.3 Å². The average Bonchev–Trinajstić information content (AvgIpc) is 3.11. The van der Waals surface area contributed by atoms with Gasteiger partial charge < -0.3 is 9.67 Å². The maximum absolute atomic E-state index is 14.4. The maximum atomic E-state index is 14.4. The predicted molar refractivity (Wildman–Crippen MR) is 101 cm³/mol. The molecule has 0 atom stereocenters. The molecule has 3 heterocycles. The summed E-state index contributed by atoms with van der Waals surface area (Å²) in [7, 11) is 1.82. The molecule has 3 aromatic heterocycles. The van der Waals surface area contributed by atoms with Crippen molar-refractivity contribution in [3.8, 4) is 11.1 Å². The fraction of sp³-hybridized carbons (Fsp3) is 0.100. The van der Waals surface area contributed by atoms with Crippen LogP contribution in [0.1, 0.15) is 16.1 Å². The number of fused-ring (bicyclic) bond motifs is 1. The van der Waals surface area contributed by atoms with Crippen LogP contribution in [0.5, 0.6) is 0 Å². The lowest BCUT2D eigenvalue weighted by Crippen LogP contribution is -2.20. The van der Waals surface area contributed by atoms with Crippen LogP contribution in [-0.2, 0) is 13.6 Å². The van der Waals surface area contributed by atoms with Crippen molar-refractivity contribution >= 4 is 16.9 Å². The van der Waals surface area contributed by atoms with E-state index < -0.39 is 22.8 Å². The number of aromatic nitrogens is 4. The standard InChI is InChI=1S/C20H15FN4O3/c1-24-9-13(8-23-24)12-5-6-14(22-7-12)10-25-11-16(20(27)28)19(26)15-3-2-4-17(21)18(15)25/h2-9,11H,10H2,1H3,(H,27,28). The van der Waals surface area contributed by atoms with E-state index in [4.69, 9.17) is 0 Å². The van der Waals surface area contributed by atoms with Gasteiger partial charge in [-0.15, -0.1) is 0 Å². The molecule has 4 aromatic rings. The molecule has 0 aliphatic carbocycles. The topological polar surface area (TPSA) is 90.0 Å². The summed E-state index contributed by atoms with van der Waals surface area (Å²) in [6.07, 6.45) is 6.42. The first-order valence-corrected chi connectivity index (χ1v) is 8.43. The highest BCUT2D eigenvalue weighted by Crippen LogP contribution is 2.20. The van der Waals surface area contributed by atoms with E-state index in [1.54, 1.807) is 23.1 Å². The zero-order valence-corrected chi connectivity index (χ0v) is 14.8. The van der Waals surface area contributed by atoms with Crippen LogP contribution in [0.2, 0.25) is 0 Å². The molecule has 7 nitrogen and oxygen atoms in total. The van der Waals surface area contributed by atoms with Crippen LogP contribution in [0, 0.1) is 5.82 Å². The largest absolute Gasteiger partial charge is 0.477 e. The Morgan fingerprint density at radius 2 is 1.96 bits per heavy atom. The molecule has 4 rings (SSSR count). The number of rotatable bonds is 4. The van der Waals surface area contributed by atoms with E-state index in [1.165, 1.54) is 22.8 Å². The molecule has 1 N–H and O–H groups in total. The van der Waals surface area contributed by atoms with Crippen molar-refractivity contribution in [2.24, 2.45) is 7.05 Å². The zero-order valence-electron chi connectivity index (χ0n) is 14.8. The summed E-state index contributed by atoms with van der Waals surface area (Å²) < 4.78 is 17.5. The van der Waals surface area contributed by atoms with Crippen LogP contribution in [0.25, 0.3) is 22.0 Å². The van der Waals surface area contributed by atoms with Crippen LogP contribution in [0.3, 0.4) is 0 Å². The van der Waals surface area contributed by atoms with Gasteiger partial charge in [-0.25, -0.2) is 9.18 Å². The van der Waals surface area contributed by atoms with Crippen molar-refractivity contribution in [2.45, 2.75) is 6.54 Å². The molecule has 0 saturated heterocycles. The monoisotopic (exact) mass is 378 g/mol. The van der Waals surface area contributed by atoms with Crippen molar-refractivity contribution in [3.63, 3.8) is 0 Å². The number of benzene rings is 1. The molecule has 0 bridgehead atoms. The summed E-state index contributed by atoms with van der Waals surface area (Å²) >= 11 is 0. The van der Waals surface area contributed by atoms with Crippen molar-refractivity contribution in [1.29, 1.82) is 0 Å². The number of aromatic carboxylic acids is 1. The second kappa shape index (κ2) is 6.73. The van der Waals surface area contributed by atoms with Gasteiger partial charge in [-0.1, -0.05) is 12.1 Å². The van der Waals surface area contributed by atoms with Crippen LogP contribution in [0.15, 0.2) is 59.9 Å². The lowest BCUT2D eigenvalue weighted by molar-refractivity contribution is 0.0695. The highest BCUT2D eigenvalue weighted by molar-refractivity contribution is 5.92. The molecule has 28 heavy (non-hydrogen) atoms. The molecule has 140 valence electrons. The number of hydrogen-bond acceptors (Lipinski definition) is 4.